The van der Waals surface area contributed by atoms with Crippen molar-refractivity contribution < 1.29 is 13.2 Å². The molecule has 26 heavy (non-hydrogen) atoms. The van der Waals surface area contributed by atoms with E-state index in [1.165, 1.54) is 37.9 Å². The lowest BCUT2D eigenvalue weighted by atomic mass is 10.0. The minimum atomic E-state index is -3.64. The second-order valence-corrected chi connectivity index (χ2v) is 8.78. The Hall–Kier alpha value is -1.89. The van der Waals surface area contributed by atoms with Crippen LogP contribution in [0.25, 0.3) is 0 Å². The molecule has 0 fully saturated rings. The Bertz CT molecular complexity index is 894. The molecule has 0 aromatic heterocycles. The van der Waals surface area contributed by atoms with Crippen LogP contribution in [0.4, 0.5) is 0 Å². The summed E-state index contributed by atoms with van der Waals surface area (Å²) in [5, 5.41) is 3.07. The molecule has 0 aliphatic carbocycles. The number of carbonyl (C=O) groups excluding carboxylic acids is 1. The van der Waals surface area contributed by atoms with Crippen LogP contribution < -0.4 is 5.32 Å². The molecule has 0 radical (unpaired) electrons. The molecule has 0 spiro atoms. The second-order valence-electron chi connectivity index (χ2n) is 6.22. The summed E-state index contributed by atoms with van der Waals surface area (Å²) in [4.78, 5) is 12.6. The largest absolute Gasteiger partial charge is 0.345 e. The number of sulfonamides is 1. The Morgan fingerprint density at radius 3 is 2.31 bits per heavy atom. The molecule has 1 N–H and O–H groups in total. The first-order valence-corrected chi connectivity index (χ1v) is 10.1. The van der Waals surface area contributed by atoms with E-state index in [4.69, 9.17) is 11.6 Å². The molecular weight excluding hydrogens is 372 g/mol. The van der Waals surface area contributed by atoms with Crippen LogP contribution in [0, 0.1) is 0 Å². The maximum absolute atomic E-state index is 12.6. The number of aryl methyl sites for hydroxylation is 1. The highest BCUT2D eigenvalue weighted by Gasteiger charge is 2.21. The van der Waals surface area contributed by atoms with E-state index in [9.17, 15) is 13.2 Å². The van der Waals surface area contributed by atoms with Crippen molar-refractivity contribution in [3.63, 3.8) is 0 Å². The van der Waals surface area contributed by atoms with Crippen molar-refractivity contribution in [2.75, 3.05) is 14.1 Å². The third-order valence-corrected chi connectivity index (χ3v) is 6.34. The monoisotopic (exact) mass is 394 g/mol. The van der Waals surface area contributed by atoms with Gasteiger partial charge in [-0.1, -0.05) is 42.8 Å². The number of nitrogens with zero attached hydrogens (tertiary/aromatic N) is 1. The maximum atomic E-state index is 12.6. The molecular formula is C19H23ClN2O3S. The third kappa shape index (κ3) is 4.44. The molecule has 0 aliphatic rings. The summed E-state index contributed by atoms with van der Waals surface area (Å²) in [5.74, 6) is -0.419. The van der Waals surface area contributed by atoms with E-state index in [-0.39, 0.29) is 21.5 Å². The smallest absolute Gasteiger partial charge is 0.253 e. The number of hydrogen-bond donors (Lipinski definition) is 1. The van der Waals surface area contributed by atoms with Gasteiger partial charge < -0.3 is 5.32 Å². The van der Waals surface area contributed by atoms with Gasteiger partial charge in [-0.15, -0.1) is 0 Å². The Morgan fingerprint density at radius 2 is 1.77 bits per heavy atom. The lowest BCUT2D eigenvalue weighted by molar-refractivity contribution is 0.0940. The van der Waals surface area contributed by atoms with Gasteiger partial charge in [0.1, 0.15) is 0 Å². The van der Waals surface area contributed by atoms with E-state index in [1.807, 2.05) is 31.2 Å². The third-order valence-electron chi connectivity index (χ3n) is 4.20. The fourth-order valence-corrected chi connectivity index (χ4v) is 3.58. The molecule has 1 amide bonds. The van der Waals surface area contributed by atoms with E-state index in [2.05, 4.69) is 12.2 Å². The summed E-state index contributed by atoms with van der Waals surface area (Å²) in [6.07, 6.45) is 0.948. The van der Waals surface area contributed by atoms with Crippen molar-refractivity contribution in [2.45, 2.75) is 31.2 Å². The van der Waals surface area contributed by atoms with Gasteiger partial charge in [0, 0.05) is 14.1 Å². The summed E-state index contributed by atoms with van der Waals surface area (Å²) in [6, 6.07) is 11.9. The molecule has 0 heterocycles. The fraction of sp³-hybridized carbons (Fsp3) is 0.316. The Labute approximate surface area is 160 Å². The predicted octanol–water partition coefficient (Wildman–Crippen LogP) is 3.64. The quantitative estimate of drug-likeness (QED) is 0.813. The summed E-state index contributed by atoms with van der Waals surface area (Å²) < 4.78 is 25.6. The highest BCUT2D eigenvalue weighted by molar-refractivity contribution is 7.89. The first-order chi connectivity index (χ1) is 12.2. The zero-order chi connectivity index (χ0) is 19.5. The highest BCUT2D eigenvalue weighted by atomic mass is 35.5. The fourth-order valence-electron chi connectivity index (χ4n) is 2.45. The highest BCUT2D eigenvalue weighted by Crippen LogP contribution is 2.23. The molecule has 2 aromatic carbocycles. The number of hydrogen-bond acceptors (Lipinski definition) is 3. The van der Waals surface area contributed by atoms with Crippen LogP contribution in [-0.4, -0.2) is 32.7 Å². The van der Waals surface area contributed by atoms with Crippen molar-refractivity contribution in [3.8, 4) is 0 Å². The maximum Gasteiger partial charge on any atom is 0.253 e. The standard InChI is InChI=1S/C19H23ClN2O3S/c1-5-14-6-8-15(9-7-14)13(2)21-19(23)17-12-16(10-11-18(17)20)26(24,25)22(3)4/h6-13H,5H2,1-4H3,(H,21,23). The molecule has 1 unspecified atom stereocenters. The van der Waals surface area contributed by atoms with Crippen molar-refractivity contribution in [1.82, 2.24) is 9.62 Å². The van der Waals surface area contributed by atoms with Gasteiger partial charge in [0.2, 0.25) is 10.0 Å². The molecule has 0 bridgehead atoms. The minimum Gasteiger partial charge on any atom is -0.345 e. The number of halogens is 1. The number of nitrogens with one attached hydrogen (secondary N) is 1. The minimum absolute atomic E-state index is 0.0250. The molecule has 7 heteroatoms. The summed E-state index contributed by atoms with van der Waals surface area (Å²) in [5.41, 5.74) is 2.31. The van der Waals surface area contributed by atoms with Crippen molar-refractivity contribution in [1.29, 1.82) is 0 Å². The Balaban J connectivity index is 2.25. The van der Waals surface area contributed by atoms with Gasteiger partial charge in [-0.25, -0.2) is 12.7 Å². The summed E-state index contributed by atoms with van der Waals surface area (Å²) in [7, 11) is -0.771. The van der Waals surface area contributed by atoms with Gasteiger partial charge in [0.15, 0.2) is 0 Å². The van der Waals surface area contributed by atoms with Crippen molar-refractivity contribution in [2.24, 2.45) is 0 Å². The van der Waals surface area contributed by atoms with Crippen LogP contribution >= 0.6 is 11.6 Å². The topological polar surface area (TPSA) is 66.5 Å². The number of carbonyl (C=O) groups is 1. The van der Waals surface area contributed by atoms with E-state index in [0.29, 0.717) is 0 Å². The Kier molecular flexibility index (Phi) is 6.44. The van der Waals surface area contributed by atoms with E-state index in [0.717, 1.165) is 16.3 Å². The number of amides is 1. The average molecular weight is 395 g/mol. The van der Waals surface area contributed by atoms with Crippen LogP contribution in [0.3, 0.4) is 0 Å². The molecule has 5 nitrogen and oxygen atoms in total. The SMILES string of the molecule is CCc1ccc(C(C)NC(=O)c2cc(S(=O)(=O)N(C)C)ccc2Cl)cc1. The van der Waals surface area contributed by atoms with Gasteiger partial charge >= 0.3 is 0 Å². The molecule has 2 rings (SSSR count). The van der Waals surface area contributed by atoms with Gasteiger partial charge in [-0.2, -0.15) is 0 Å². The van der Waals surface area contributed by atoms with Crippen LogP contribution in [0.2, 0.25) is 5.02 Å². The van der Waals surface area contributed by atoms with E-state index < -0.39 is 15.9 Å². The van der Waals surface area contributed by atoms with Crippen LogP contribution in [0.15, 0.2) is 47.4 Å². The first-order valence-electron chi connectivity index (χ1n) is 8.28. The molecule has 140 valence electrons. The van der Waals surface area contributed by atoms with Crippen molar-refractivity contribution >= 4 is 27.5 Å². The second kappa shape index (κ2) is 8.20. The van der Waals surface area contributed by atoms with E-state index in [1.54, 1.807) is 0 Å². The average Bonchev–Trinajstić information content (AvgIpc) is 2.61. The molecule has 0 saturated carbocycles. The zero-order valence-electron chi connectivity index (χ0n) is 15.3. The molecule has 0 saturated heterocycles. The lowest BCUT2D eigenvalue weighted by Crippen LogP contribution is -2.28. The van der Waals surface area contributed by atoms with Crippen molar-refractivity contribution in [3.05, 3.63) is 64.2 Å². The normalized spacial score (nSPS) is 12.8. The van der Waals surface area contributed by atoms with E-state index >= 15 is 0 Å². The lowest BCUT2D eigenvalue weighted by Gasteiger charge is -2.17. The summed E-state index contributed by atoms with van der Waals surface area (Å²) in [6.45, 7) is 3.95. The van der Waals surface area contributed by atoms with Crippen LogP contribution in [0.1, 0.15) is 41.4 Å². The molecule has 2 aromatic rings. The first kappa shape index (κ1) is 20.4. The Morgan fingerprint density at radius 1 is 1.15 bits per heavy atom. The molecule has 0 aliphatic heterocycles. The van der Waals surface area contributed by atoms with Gasteiger partial charge in [0.05, 0.1) is 21.5 Å². The van der Waals surface area contributed by atoms with Gasteiger partial charge in [-0.3, -0.25) is 4.79 Å². The predicted molar refractivity (Wildman–Crippen MR) is 104 cm³/mol. The van der Waals surface area contributed by atoms with Gasteiger partial charge in [-0.05, 0) is 42.7 Å². The number of rotatable bonds is 6. The van der Waals surface area contributed by atoms with Crippen LogP contribution in [-0.2, 0) is 16.4 Å². The molecule has 1 atom stereocenters. The van der Waals surface area contributed by atoms with Gasteiger partial charge in [0.25, 0.3) is 5.91 Å². The number of benzene rings is 2. The zero-order valence-corrected chi connectivity index (χ0v) is 16.9. The van der Waals surface area contributed by atoms with Crippen LogP contribution in [0.5, 0.6) is 0 Å². The summed E-state index contributed by atoms with van der Waals surface area (Å²) >= 11 is 6.12.